The maximum Gasteiger partial charge on any atom is 0.293 e. The summed E-state index contributed by atoms with van der Waals surface area (Å²) in [6.07, 6.45) is 5.11. The summed E-state index contributed by atoms with van der Waals surface area (Å²) >= 11 is 0.916. The molecule has 0 atom stereocenters. The van der Waals surface area contributed by atoms with Gasteiger partial charge in [-0.25, -0.2) is 0 Å². The van der Waals surface area contributed by atoms with Gasteiger partial charge in [0.1, 0.15) is 19.0 Å². The van der Waals surface area contributed by atoms with Crippen LogP contribution in [0.2, 0.25) is 0 Å². The second-order valence-corrected chi connectivity index (χ2v) is 9.21. The highest BCUT2D eigenvalue weighted by Crippen LogP contribution is 2.35. The van der Waals surface area contributed by atoms with Crippen LogP contribution >= 0.6 is 11.8 Å². The summed E-state index contributed by atoms with van der Waals surface area (Å²) in [6, 6.07) is 22.9. The molecular formula is C29H24N2O5S. The van der Waals surface area contributed by atoms with Crippen molar-refractivity contribution in [3.8, 4) is 17.2 Å². The Labute approximate surface area is 218 Å². The van der Waals surface area contributed by atoms with Crippen molar-refractivity contribution in [2.75, 3.05) is 20.3 Å². The molecule has 5 rings (SSSR count). The molecule has 0 saturated carbocycles. The zero-order valence-corrected chi connectivity index (χ0v) is 20.9. The van der Waals surface area contributed by atoms with E-state index in [0.29, 0.717) is 23.0 Å². The SMILES string of the molecule is COc1cc(/C=C2\SC(=O)N(CCOc3cccc4ccccc34)C2=O)ccc1OCc1ccncc1. The molecule has 0 spiro atoms. The van der Waals surface area contributed by atoms with Gasteiger partial charge in [0.25, 0.3) is 11.1 Å². The lowest BCUT2D eigenvalue weighted by molar-refractivity contribution is -0.123. The minimum Gasteiger partial charge on any atom is -0.493 e. The Morgan fingerprint density at radius 1 is 0.892 bits per heavy atom. The van der Waals surface area contributed by atoms with Crippen LogP contribution in [0.25, 0.3) is 16.8 Å². The second-order valence-electron chi connectivity index (χ2n) is 8.21. The number of carbonyl (C=O) groups excluding carboxylic acids is 2. The van der Waals surface area contributed by atoms with E-state index >= 15 is 0 Å². The standard InChI is InChI=1S/C29H24N2O5S/c1-34-26-17-21(9-10-25(26)36-19-20-11-13-30-14-12-20)18-27-28(32)31(29(33)37-27)15-16-35-24-8-4-6-22-5-2-3-7-23(22)24/h2-14,17-18H,15-16,19H2,1H3/b27-18-. The van der Waals surface area contributed by atoms with Crippen LogP contribution in [0.5, 0.6) is 17.2 Å². The van der Waals surface area contributed by atoms with E-state index in [0.717, 1.165) is 39.4 Å². The smallest absolute Gasteiger partial charge is 0.293 e. The van der Waals surface area contributed by atoms with Crippen LogP contribution in [-0.4, -0.2) is 41.3 Å². The third kappa shape index (κ3) is 5.59. The van der Waals surface area contributed by atoms with E-state index < -0.39 is 0 Å². The Bertz CT molecular complexity index is 1470. The quantitative estimate of drug-likeness (QED) is 0.257. The fraction of sp³-hybridized carbons (Fsp3) is 0.138. The molecule has 0 unspecified atom stereocenters. The summed E-state index contributed by atoms with van der Waals surface area (Å²) in [5, 5.41) is 1.74. The molecule has 8 heteroatoms. The Balaban J connectivity index is 1.23. The third-order valence-corrected chi connectivity index (χ3v) is 6.73. The number of fused-ring (bicyclic) bond motifs is 1. The minimum absolute atomic E-state index is 0.163. The molecule has 186 valence electrons. The molecule has 2 amide bonds. The number of ether oxygens (including phenoxy) is 3. The van der Waals surface area contributed by atoms with Crippen LogP contribution in [0.15, 0.2) is 90.1 Å². The molecule has 1 saturated heterocycles. The van der Waals surface area contributed by atoms with E-state index in [1.54, 1.807) is 37.7 Å². The molecule has 1 aromatic heterocycles. The molecule has 37 heavy (non-hydrogen) atoms. The monoisotopic (exact) mass is 512 g/mol. The number of thioether (sulfide) groups is 1. The predicted octanol–water partition coefficient (Wildman–Crippen LogP) is 5.94. The average Bonchev–Trinajstić information content (AvgIpc) is 3.20. The van der Waals surface area contributed by atoms with Gasteiger partial charge in [-0.1, -0.05) is 42.5 Å². The summed E-state index contributed by atoms with van der Waals surface area (Å²) in [7, 11) is 1.56. The topological polar surface area (TPSA) is 78.0 Å². The van der Waals surface area contributed by atoms with Gasteiger partial charge in [-0.05, 0) is 64.7 Å². The summed E-state index contributed by atoms with van der Waals surface area (Å²) in [5.74, 6) is 1.49. The van der Waals surface area contributed by atoms with Crippen molar-refractivity contribution in [1.82, 2.24) is 9.88 Å². The van der Waals surface area contributed by atoms with Crippen LogP contribution in [0.1, 0.15) is 11.1 Å². The van der Waals surface area contributed by atoms with E-state index in [1.807, 2.05) is 60.7 Å². The van der Waals surface area contributed by atoms with Crippen LogP contribution < -0.4 is 14.2 Å². The van der Waals surface area contributed by atoms with Crippen LogP contribution in [0.3, 0.4) is 0 Å². The molecule has 1 aliphatic heterocycles. The predicted molar refractivity (Wildman–Crippen MR) is 144 cm³/mol. The van der Waals surface area contributed by atoms with Gasteiger partial charge in [0.15, 0.2) is 11.5 Å². The van der Waals surface area contributed by atoms with Crippen molar-refractivity contribution < 1.29 is 23.8 Å². The van der Waals surface area contributed by atoms with Crippen molar-refractivity contribution in [3.63, 3.8) is 0 Å². The fourth-order valence-corrected chi connectivity index (χ4v) is 4.81. The first-order valence-electron chi connectivity index (χ1n) is 11.7. The lowest BCUT2D eigenvalue weighted by atomic mass is 10.1. The summed E-state index contributed by atoms with van der Waals surface area (Å²) < 4.78 is 17.3. The summed E-state index contributed by atoms with van der Waals surface area (Å²) in [4.78, 5) is 31.1. The van der Waals surface area contributed by atoms with Gasteiger partial charge in [-0.15, -0.1) is 0 Å². The molecule has 7 nitrogen and oxygen atoms in total. The Hall–Kier alpha value is -4.30. The number of pyridine rings is 1. The molecule has 0 radical (unpaired) electrons. The van der Waals surface area contributed by atoms with Gasteiger partial charge in [0.2, 0.25) is 0 Å². The zero-order chi connectivity index (χ0) is 25.6. The number of rotatable bonds is 9. The van der Waals surface area contributed by atoms with Gasteiger partial charge < -0.3 is 14.2 Å². The zero-order valence-electron chi connectivity index (χ0n) is 20.1. The highest BCUT2D eigenvalue weighted by molar-refractivity contribution is 8.18. The van der Waals surface area contributed by atoms with Gasteiger partial charge >= 0.3 is 0 Å². The number of hydrogen-bond acceptors (Lipinski definition) is 7. The summed E-state index contributed by atoms with van der Waals surface area (Å²) in [6.45, 7) is 0.741. The fourth-order valence-electron chi connectivity index (χ4n) is 3.95. The first-order chi connectivity index (χ1) is 18.1. The maximum absolute atomic E-state index is 13.0. The van der Waals surface area contributed by atoms with E-state index in [2.05, 4.69) is 4.98 Å². The Kier molecular flexibility index (Phi) is 7.37. The highest BCUT2D eigenvalue weighted by Gasteiger charge is 2.34. The summed E-state index contributed by atoms with van der Waals surface area (Å²) in [5.41, 5.74) is 1.71. The molecule has 0 aliphatic carbocycles. The average molecular weight is 513 g/mol. The van der Waals surface area contributed by atoms with E-state index in [4.69, 9.17) is 14.2 Å². The molecule has 0 N–H and O–H groups in total. The number of aromatic nitrogens is 1. The highest BCUT2D eigenvalue weighted by atomic mass is 32.2. The van der Waals surface area contributed by atoms with Gasteiger partial charge in [0.05, 0.1) is 18.6 Å². The van der Waals surface area contributed by atoms with Crippen molar-refractivity contribution in [2.24, 2.45) is 0 Å². The first-order valence-corrected chi connectivity index (χ1v) is 12.5. The van der Waals surface area contributed by atoms with Crippen molar-refractivity contribution >= 4 is 39.8 Å². The van der Waals surface area contributed by atoms with Gasteiger partial charge in [0, 0.05) is 17.8 Å². The Morgan fingerprint density at radius 3 is 2.54 bits per heavy atom. The van der Waals surface area contributed by atoms with E-state index in [9.17, 15) is 9.59 Å². The second kappa shape index (κ2) is 11.2. The number of methoxy groups -OCH3 is 1. The molecular weight excluding hydrogens is 488 g/mol. The van der Waals surface area contributed by atoms with Crippen LogP contribution in [0.4, 0.5) is 4.79 Å². The van der Waals surface area contributed by atoms with E-state index in [-0.39, 0.29) is 24.3 Å². The lowest BCUT2D eigenvalue weighted by Gasteiger charge is -2.14. The normalized spacial score (nSPS) is 14.4. The minimum atomic E-state index is -0.339. The maximum atomic E-state index is 13.0. The number of nitrogens with zero attached hydrogens (tertiary/aromatic N) is 2. The molecule has 4 aromatic rings. The lowest BCUT2D eigenvalue weighted by Crippen LogP contribution is -2.32. The number of imide groups is 1. The van der Waals surface area contributed by atoms with E-state index in [1.165, 1.54) is 4.90 Å². The first kappa shape index (κ1) is 24.4. The number of benzene rings is 3. The molecule has 3 aromatic carbocycles. The van der Waals surface area contributed by atoms with Crippen LogP contribution in [0, 0.1) is 0 Å². The van der Waals surface area contributed by atoms with Gasteiger partial charge in [-0.3, -0.25) is 19.5 Å². The number of carbonyl (C=O) groups is 2. The third-order valence-electron chi connectivity index (χ3n) is 5.82. The van der Waals surface area contributed by atoms with Crippen LogP contribution in [-0.2, 0) is 11.4 Å². The molecule has 0 bridgehead atoms. The molecule has 2 heterocycles. The Morgan fingerprint density at radius 2 is 1.70 bits per heavy atom. The largest absolute Gasteiger partial charge is 0.493 e. The van der Waals surface area contributed by atoms with Crippen molar-refractivity contribution in [3.05, 3.63) is 101 Å². The van der Waals surface area contributed by atoms with Crippen molar-refractivity contribution in [2.45, 2.75) is 6.61 Å². The number of amides is 2. The van der Waals surface area contributed by atoms with Gasteiger partial charge in [-0.2, -0.15) is 0 Å². The molecule has 1 fully saturated rings. The number of hydrogen-bond donors (Lipinski definition) is 0. The molecule has 1 aliphatic rings. The van der Waals surface area contributed by atoms with Crippen molar-refractivity contribution in [1.29, 1.82) is 0 Å².